The van der Waals surface area contributed by atoms with E-state index in [4.69, 9.17) is 5.26 Å². The molecule has 0 aromatic heterocycles. The summed E-state index contributed by atoms with van der Waals surface area (Å²) in [5, 5.41) is 11.8. The first kappa shape index (κ1) is 19.1. The average Bonchev–Trinajstić information content (AvgIpc) is 2.68. The number of rotatable bonds is 4. The van der Waals surface area contributed by atoms with Crippen molar-refractivity contribution in [2.45, 2.75) is 24.7 Å². The van der Waals surface area contributed by atoms with Crippen molar-refractivity contribution >= 4 is 21.6 Å². The van der Waals surface area contributed by atoms with Crippen LogP contribution in [0.1, 0.15) is 35.7 Å². The lowest BCUT2D eigenvalue weighted by molar-refractivity contribution is 0.102. The molecule has 1 saturated heterocycles. The van der Waals surface area contributed by atoms with Gasteiger partial charge in [-0.1, -0.05) is 19.1 Å². The second kappa shape index (κ2) is 7.91. The smallest absolute Gasteiger partial charge is 0.255 e. The summed E-state index contributed by atoms with van der Waals surface area (Å²) in [6, 6.07) is 14.6. The summed E-state index contributed by atoms with van der Waals surface area (Å²) in [6.07, 6.45) is 1.90. The van der Waals surface area contributed by atoms with E-state index in [2.05, 4.69) is 5.32 Å². The SMILES string of the molecule is CC1CCCN(S(=O)(=O)c2ccc(C(=O)Nc3ccccc3C#N)cc2)C1. The number of hydrogen-bond donors (Lipinski definition) is 1. The molecule has 27 heavy (non-hydrogen) atoms. The maximum Gasteiger partial charge on any atom is 0.255 e. The van der Waals surface area contributed by atoms with Crippen LogP contribution in [-0.4, -0.2) is 31.7 Å². The molecule has 1 unspecified atom stereocenters. The Kier molecular flexibility index (Phi) is 5.59. The fourth-order valence-corrected chi connectivity index (χ4v) is 4.77. The zero-order chi connectivity index (χ0) is 19.4. The van der Waals surface area contributed by atoms with Gasteiger partial charge in [-0.2, -0.15) is 9.57 Å². The van der Waals surface area contributed by atoms with Crippen molar-refractivity contribution in [2.75, 3.05) is 18.4 Å². The molecule has 1 atom stereocenters. The van der Waals surface area contributed by atoms with E-state index >= 15 is 0 Å². The Labute approximate surface area is 159 Å². The van der Waals surface area contributed by atoms with Crippen LogP contribution < -0.4 is 5.32 Å². The van der Waals surface area contributed by atoms with Crippen LogP contribution in [0.2, 0.25) is 0 Å². The quantitative estimate of drug-likeness (QED) is 0.878. The third-order valence-corrected chi connectivity index (χ3v) is 6.55. The van der Waals surface area contributed by atoms with Crippen LogP contribution in [-0.2, 0) is 10.0 Å². The van der Waals surface area contributed by atoms with E-state index in [9.17, 15) is 13.2 Å². The molecule has 7 heteroatoms. The molecule has 0 aliphatic carbocycles. The van der Waals surface area contributed by atoms with Gasteiger partial charge in [-0.15, -0.1) is 0 Å². The Morgan fingerprint density at radius 1 is 1.19 bits per heavy atom. The molecule has 140 valence electrons. The zero-order valence-corrected chi connectivity index (χ0v) is 15.9. The summed E-state index contributed by atoms with van der Waals surface area (Å²) in [5.41, 5.74) is 1.11. The molecular formula is C20H21N3O3S. The molecule has 0 bridgehead atoms. The minimum absolute atomic E-state index is 0.186. The number of nitrogens with one attached hydrogen (secondary N) is 1. The molecule has 1 aliphatic heterocycles. The van der Waals surface area contributed by atoms with E-state index in [-0.39, 0.29) is 4.90 Å². The lowest BCUT2D eigenvalue weighted by Crippen LogP contribution is -2.39. The van der Waals surface area contributed by atoms with E-state index < -0.39 is 15.9 Å². The molecule has 1 heterocycles. The molecule has 1 amide bonds. The topological polar surface area (TPSA) is 90.3 Å². The van der Waals surface area contributed by atoms with Crippen molar-refractivity contribution in [1.82, 2.24) is 4.31 Å². The van der Waals surface area contributed by atoms with Gasteiger partial charge < -0.3 is 5.32 Å². The predicted molar refractivity (Wildman–Crippen MR) is 103 cm³/mol. The number of carbonyl (C=O) groups excluding carboxylic acids is 1. The summed E-state index contributed by atoms with van der Waals surface area (Å²) in [4.78, 5) is 12.6. The molecule has 3 rings (SSSR count). The number of para-hydroxylation sites is 1. The van der Waals surface area contributed by atoms with Gasteiger partial charge in [0.1, 0.15) is 6.07 Å². The van der Waals surface area contributed by atoms with Gasteiger partial charge in [0.2, 0.25) is 10.0 Å². The molecule has 0 saturated carbocycles. The molecule has 6 nitrogen and oxygen atoms in total. The fourth-order valence-electron chi connectivity index (χ4n) is 3.18. The lowest BCUT2D eigenvalue weighted by atomic mass is 10.0. The Bertz CT molecular complexity index is 978. The molecule has 0 radical (unpaired) electrons. The zero-order valence-electron chi connectivity index (χ0n) is 15.1. The highest BCUT2D eigenvalue weighted by molar-refractivity contribution is 7.89. The average molecular weight is 383 g/mol. The van der Waals surface area contributed by atoms with Crippen molar-refractivity contribution in [1.29, 1.82) is 5.26 Å². The second-order valence-corrected chi connectivity index (χ2v) is 8.68. The predicted octanol–water partition coefficient (Wildman–Crippen LogP) is 3.23. The van der Waals surface area contributed by atoms with Crippen LogP contribution in [0.25, 0.3) is 0 Å². The van der Waals surface area contributed by atoms with E-state index in [0.29, 0.717) is 35.8 Å². The van der Waals surface area contributed by atoms with Gasteiger partial charge >= 0.3 is 0 Å². The van der Waals surface area contributed by atoms with Crippen molar-refractivity contribution in [3.05, 3.63) is 59.7 Å². The van der Waals surface area contributed by atoms with Gasteiger partial charge in [0, 0.05) is 18.7 Å². The van der Waals surface area contributed by atoms with Crippen molar-refractivity contribution in [2.24, 2.45) is 5.92 Å². The van der Waals surface area contributed by atoms with Crippen LogP contribution in [0.15, 0.2) is 53.4 Å². The number of benzene rings is 2. The molecular weight excluding hydrogens is 362 g/mol. The number of sulfonamides is 1. The number of anilines is 1. The number of nitrogens with zero attached hydrogens (tertiary/aromatic N) is 2. The first-order chi connectivity index (χ1) is 12.9. The van der Waals surface area contributed by atoms with Crippen LogP contribution >= 0.6 is 0 Å². The molecule has 2 aromatic carbocycles. The number of piperidine rings is 1. The minimum Gasteiger partial charge on any atom is -0.321 e. The summed E-state index contributed by atoms with van der Waals surface area (Å²) < 4.78 is 27.1. The maximum atomic E-state index is 12.8. The minimum atomic E-state index is -3.55. The molecule has 1 fully saturated rings. The van der Waals surface area contributed by atoms with Crippen LogP contribution in [0.5, 0.6) is 0 Å². The van der Waals surface area contributed by atoms with Crippen LogP contribution in [0, 0.1) is 17.2 Å². The van der Waals surface area contributed by atoms with E-state index in [0.717, 1.165) is 12.8 Å². The molecule has 2 aromatic rings. The normalized spacial score (nSPS) is 17.9. The largest absolute Gasteiger partial charge is 0.321 e. The highest BCUT2D eigenvalue weighted by Gasteiger charge is 2.28. The first-order valence-electron chi connectivity index (χ1n) is 8.82. The van der Waals surface area contributed by atoms with Gasteiger partial charge in [0.15, 0.2) is 0 Å². The highest BCUT2D eigenvalue weighted by Crippen LogP contribution is 2.24. The van der Waals surface area contributed by atoms with Crippen LogP contribution in [0.4, 0.5) is 5.69 Å². The molecule has 1 N–H and O–H groups in total. The summed E-state index contributed by atoms with van der Waals surface area (Å²) in [5.74, 6) is -0.0491. The third kappa shape index (κ3) is 4.18. The number of amides is 1. The second-order valence-electron chi connectivity index (χ2n) is 6.75. The van der Waals surface area contributed by atoms with E-state index in [1.807, 2.05) is 13.0 Å². The third-order valence-electron chi connectivity index (χ3n) is 4.67. The van der Waals surface area contributed by atoms with Gasteiger partial charge in [0.25, 0.3) is 5.91 Å². The van der Waals surface area contributed by atoms with Crippen molar-refractivity contribution in [3.8, 4) is 6.07 Å². The maximum absolute atomic E-state index is 12.8. The molecule has 1 aliphatic rings. The van der Waals surface area contributed by atoms with Gasteiger partial charge in [-0.25, -0.2) is 8.42 Å². The van der Waals surface area contributed by atoms with Gasteiger partial charge in [0.05, 0.1) is 16.1 Å². The first-order valence-corrected chi connectivity index (χ1v) is 10.3. The monoisotopic (exact) mass is 383 g/mol. The summed E-state index contributed by atoms with van der Waals surface area (Å²) >= 11 is 0. The van der Waals surface area contributed by atoms with Crippen molar-refractivity contribution in [3.63, 3.8) is 0 Å². The van der Waals surface area contributed by atoms with Gasteiger partial charge in [-0.3, -0.25) is 4.79 Å². The van der Waals surface area contributed by atoms with E-state index in [1.54, 1.807) is 24.3 Å². The molecule has 0 spiro atoms. The standard InChI is InChI=1S/C20H21N3O3S/c1-15-5-4-12-23(14-15)27(25,26)18-10-8-16(9-11-18)20(24)22-19-7-3-2-6-17(19)13-21/h2-3,6-11,15H,4-5,12,14H2,1H3,(H,22,24). The summed E-state index contributed by atoms with van der Waals surface area (Å²) in [6.45, 7) is 3.10. The summed E-state index contributed by atoms with van der Waals surface area (Å²) in [7, 11) is -3.55. The Hall–Kier alpha value is -2.69. The lowest BCUT2D eigenvalue weighted by Gasteiger charge is -2.30. The number of nitriles is 1. The Morgan fingerprint density at radius 3 is 2.56 bits per heavy atom. The Balaban J connectivity index is 1.77. The van der Waals surface area contributed by atoms with E-state index in [1.165, 1.54) is 28.6 Å². The Morgan fingerprint density at radius 2 is 1.89 bits per heavy atom. The number of carbonyl (C=O) groups is 1. The fraction of sp³-hybridized carbons (Fsp3) is 0.300. The highest BCUT2D eigenvalue weighted by atomic mass is 32.2. The van der Waals surface area contributed by atoms with Crippen molar-refractivity contribution < 1.29 is 13.2 Å². The van der Waals surface area contributed by atoms with Gasteiger partial charge in [-0.05, 0) is 55.2 Å². The number of hydrogen-bond acceptors (Lipinski definition) is 4. The van der Waals surface area contributed by atoms with Crippen LogP contribution in [0.3, 0.4) is 0 Å².